The van der Waals surface area contributed by atoms with Gasteiger partial charge in [-0.3, -0.25) is 9.59 Å². The van der Waals surface area contributed by atoms with Gasteiger partial charge in [-0.05, 0) is 43.4 Å². The van der Waals surface area contributed by atoms with E-state index in [1.54, 1.807) is 18.2 Å². The molecule has 1 unspecified atom stereocenters. The number of likely N-dealkylation sites (tertiary alicyclic amines) is 1. The van der Waals surface area contributed by atoms with Crippen molar-refractivity contribution in [3.63, 3.8) is 0 Å². The standard InChI is InChI=1S/C17H22N2O3/c20-15-5-1-3-12(9-15)10-18-16(21)14-4-2-8-19(11-14)17(22)13-6-7-13/h1,3,5,9,13-14,20H,2,4,6-8,10-11H2,(H,18,21). The fourth-order valence-corrected chi connectivity index (χ4v) is 2.98. The Labute approximate surface area is 130 Å². The summed E-state index contributed by atoms with van der Waals surface area (Å²) in [5.41, 5.74) is 0.870. The molecule has 5 nitrogen and oxygen atoms in total. The van der Waals surface area contributed by atoms with Crippen LogP contribution in [0.5, 0.6) is 5.75 Å². The number of nitrogens with zero attached hydrogens (tertiary/aromatic N) is 1. The first-order valence-corrected chi connectivity index (χ1v) is 7.98. The molecule has 0 spiro atoms. The zero-order chi connectivity index (χ0) is 15.5. The summed E-state index contributed by atoms with van der Waals surface area (Å²) in [7, 11) is 0. The van der Waals surface area contributed by atoms with E-state index in [-0.39, 0.29) is 29.4 Å². The van der Waals surface area contributed by atoms with Crippen molar-refractivity contribution in [1.29, 1.82) is 0 Å². The minimum Gasteiger partial charge on any atom is -0.508 e. The third-order valence-electron chi connectivity index (χ3n) is 4.41. The number of aromatic hydroxyl groups is 1. The van der Waals surface area contributed by atoms with Crippen molar-refractivity contribution in [3.05, 3.63) is 29.8 Å². The molecular weight excluding hydrogens is 280 g/mol. The van der Waals surface area contributed by atoms with Crippen molar-refractivity contribution in [2.24, 2.45) is 11.8 Å². The number of rotatable bonds is 4. The molecule has 1 aromatic rings. The van der Waals surface area contributed by atoms with Gasteiger partial charge in [0.05, 0.1) is 5.92 Å². The summed E-state index contributed by atoms with van der Waals surface area (Å²) in [6, 6.07) is 6.87. The molecule has 118 valence electrons. The zero-order valence-corrected chi connectivity index (χ0v) is 12.6. The summed E-state index contributed by atoms with van der Waals surface area (Å²) >= 11 is 0. The highest BCUT2D eigenvalue weighted by Gasteiger charge is 2.36. The van der Waals surface area contributed by atoms with Crippen molar-refractivity contribution >= 4 is 11.8 Å². The number of hydrogen-bond acceptors (Lipinski definition) is 3. The van der Waals surface area contributed by atoms with Gasteiger partial charge >= 0.3 is 0 Å². The van der Waals surface area contributed by atoms with Gasteiger partial charge in [-0.25, -0.2) is 0 Å². The molecule has 0 bridgehead atoms. The number of piperidine rings is 1. The van der Waals surface area contributed by atoms with Gasteiger partial charge in [-0.15, -0.1) is 0 Å². The summed E-state index contributed by atoms with van der Waals surface area (Å²) in [5.74, 6) is 0.524. The molecule has 0 aromatic heterocycles. The molecule has 2 amide bonds. The molecule has 1 heterocycles. The minimum absolute atomic E-state index is 0.00311. The van der Waals surface area contributed by atoms with Crippen molar-refractivity contribution < 1.29 is 14.7 Å². The summed E-state index contributed by atoms with van der Waals surface area (Å²) in [6.07, 6.45) is 3.73. The number of nitrogens with one attached hydrogen (secondary N) is 1. The quantitative estimate of drug-likeness (QED) is 0.888. The van der Waals surface area contributed by atoms with Crippen LogP contribution in [-0.4, -0.2) is 34.9 Å². The average Bonchev–Trinajstić information content (AvgIpc) is 3.37. The van der Waals surface area contributed by atoms with Crippen LogP contribution < -0.4 is 5.32 Å². The zero-order valence-electron chi connectivity index (χ0n) is 12.6. The van der Waals surface area contributed by atoms with Gasteiger partial charge < -0.3 is 15.3 Å². The van der Waals surface area contributed by atoms with Crippen molar-refractivity contribution in [3.8, 4) is 5.75 Å². The van der Waals surface area contributed by atoms with Crippen LogP contribution in [0.25, 0.3) is 0 Å². The molecular formula is C17H22N2O3. The second-order valence-electron chi connectivity index (χ2n) is 6.29. The van der Waals surface area contributed by atoms with Gasteiger partial charge in [0.1, 0.15) is 5.75 Å². The molecule has 1 saturated heterocycles. The Bertz CT molecular complexity index is 569. The number of hydrogen-bond donors (Lipinski definition) is 2. The van der Waals surface area contributed by atoms with E-state index in [1.807, 2.05) is 11.0 Å². The molecule has 1 aliphatic heterocycles. The normalized spacial score (nSPS) is 21.5. The Kier molecular flexibility index (Phi) is 4.32. The molecule has 22 heavy (non-hydrogen) atoms. The molecule has 1 saturated carbocycles. The number of carbonyl (C=O) groups excluding carboxylic acids is 2. The Balaban J connectivity index is 1.52. The number of carbonyl (C=O) groups is 2. The third kappa shape index (κ3) is 3.59. The smallest absolute Gasteiger partial charge is 0.225 e. The maximum absolute atomic E-state index is 12.3. The first-order chi connectivity index (χ1) is 10.6. The van der Waals surface area contributed by atoms with E-state index in [0.29, 0.717) is 13.1 Å². The number of phenolic OH excluding ortho intramolecular Hbond substituents is 1. The average molecular weight is 302 g/mol. The summed E-state index contributed by atoms with van der Waals surface area (Å²) < 4.78 is 0. The van der Waals surface area contributed by atoms with Crippen LogP contribution in [0.1, 0.15) is 31.2 Å². The maximum Gasteiger partial charge on any atom is 0.225 e. The van der Waals surface area contributed by atoms with Crippen LogP contribution in [0.4, 0.5) is 0 Å². The van der Waals surface area contributed by atoms with Crippen LogP contribution in [0.2, 0.25) is 0 Å². The molecule has 0 radical (unpaired) electrons. The van der Waals surface area contributed by atoms with E-state index in [2.05, 4.69) is 5.32 Å². The number of amides is 2. The van der Waals surface area contributed by atoms with Gasteiger partial charge in [0.2, 0.25) is 11.8 Å². The third-order valence-corrected chi connectivity index (χ3v) is 4.41. The van der Waals surface area contributed by atoms with E-state index in [9.17, 15) is 14.7 Å². The number of phenols is 1. The van der Waals surface area contributed by atoms with Crippen molar-refractivity contribution in [2.75, 3.05) is 13.1 Å². The van der Waals surface area contributed by atoms with Gasteiger partial charge in [0, 0.05) is 25.6 Å². The Hall–Kier alpha value is -2.04. The van der Waals surface area contributed by atoms with E-state index >= 15 is 0 Å². The largest absolute Gasteiger partial charge is 0.508 e. The van der Waals surface area contributed by atoms with Gasteiger partial charge in [0.15, 0.2) is 0 Å². The lowest BCUT2D eigenvalue weighted by molar-refractivity contribution is -0.136. The molecule has 2 aliphatic rings. The predicted molar refractivity (Wildman–Crippen MR) is 82.0 cm³/mol. The second-order valence-corrected chi connectivity index (χ2v) is 6.29. The Morgan fingerprint density at radius 3 is 2.77 bits per heavy atom. The molecule has 1 atom stereocenters. The summed E-state index contributed by atoms with van der Waals surface area (Å²) in [4.78, 5) is 26.3. The molecule has 5 heteroatoms. The highest BCUT2D eigenvalue weighted by Crippen LogP contribution is 2.32. The van der Waals surface area contributed by atoms with Gasteiger partial charge in [-0.1, -0.05) is 12.1 Å². The van der Waals surface area contributed by atoms with E-state index in [4.69, 9.17) is 0 Å². The van der Waals surface area contributed by atoms with Crippen LogP contribution in [-0.2, 0) is 16.1 Å². The second kappa shape index (κ2) is 6.38. The van der Waals surface area contributed by atoms with E-state index < -0.39 is 0 Å². The highest BCUT2D eigenvalue weighted by molar-refractivity contribution is 5.83. The molecule has 1 aliphatic carbocycles. The van der Waals surface area contributed by atoms with Crippen LogP contribution >= 0.6 is 0 Å². The monoisotopic (exact) mass is 302 g/mol. The first kappa shape index (κ1) is 14.9. The fourth-order valence-electron chi connectivity index (χ4n) is 2.98. The maximum atomic E-state index is 12.3. The Morgan fingerprint density at radius 1 is 1.23 bits per heavy atom. The SMILES string of the molecule is O=C(NCc1cccc(O)c1)C1CCCN(C(=O)C2CC2)C1. The van der Waals surface area contributed by atoms with Crippen molar-refractivity contribution in [1.82, 2.24) is 10.2 Å². The van der Waals surface area contributed by atoms with Crippen molar-refractivity contribution in [2.45, 2.75) is 32.2 Å². The first-order valence-electron chi connectivity index (χ1n) is 7.98. The van der Waals surface area contributed by atoms with Gasteiger partial charge in [0.25, 0.3) is 0 Å². The van der Waals surface area contributed by atoms with E-state index in [0.717, 1.165) is 37.8 Å². The summed E-state index contributed by atoms with van der Waals surface area (Å²) in [6.45, 7) is 1.73. The lowest BCUT2D eigenvalue weighted by atomic mass is 9.96. The van der Waals surface area contributed by atoms with E-state index in [1.165, 1.54) is 0 Å². The van der Waals surface area contributed by atoms with Crippen LogP contribution in [0.3, 0.4) is 0 Å². The highest BCUT2D eigenvalue weighted by atomic mass is 16.3. The molecule has 2 N–H and O–H groups in total. The Morgan fingerprint density at radius 2 is 2.05 bits per heavy atom. The predicted octanol–water partition coefficient (Wildman–Crippen LogP) is 1.66. The fraction of sp³-hybridized carbons (Fsp3) is 0.529. The van der Waals surface area contributed by atoms with Crippen LogP contribution in [0.15, 0.2) is 24.3 Å². The number of benzene rings is 1. The minimum atomic E-state index is -0.117. The lowest BCUT2D eigenvalue weighted by Crippen LogP contribution is -2.45. The molecule has 1 aromatic carbocycles. The summed E-state index contributed by atoms with van der Waals surface area (Å²) in [5, 5.41) is 12.3. The topological polar surface area (TPSA) is 69.6 Å². The molecule has 2 fully saturated rings. The lowest BCUT2D eigenvalue weighted by Gasteiger charge is -2.32. The molecule has 3 rings (SSSR count). The van der Waals surface area contributed by atoms with Crippen LogP contribution in [0, 0.1) is 11.8 Å². The van der Waals surface area contributed by atoms with Gasteiger partial charge in [-0.2, -0.15) is 0 Å².